The van der Waals surface area contributed by atoms with Crippen molar-refractivity contribution in [2.24, 2.45) is 0 Å². The summed E-state index contributed by atoms with van der Waals surface area (Å²) in [6.45, 7) is 9.22. The average molecular weight is 314 g/mol. The van der Waals surface area contributed by atoms with Crippen LogP contribution in [0.25, 0.3) is 0 Å². The van der Waals surface area contributed by atoms with E-state index in [2.05, 4.69) is 27.8 Å². The van der Waals surface area contributed by atoms with Crippen molar-refractivity contribution in [1.29, 1.82) is 0 Å². The molecule has 1 aromatic carbocycles. The molecule has 0 saturated carbocycles. The van der Waals surface area contributed by atoms with Gasteiger partial charge in [0.1, 0.15) is 18.5 Å². The Balaban J connectivity index is 2.33. The number of nitrogens with one attached hydrogen (secondary N) is 1. The molecule has 0 radical (unpaired) electrons. The van der Waals surface area contributed by atoms with Crippen LogP contribution in [0, 0.1) is 6.92 Å². The Morgan fingerprint density at radius 3 is 2.89 bits per heavy atom. The SMILES string of the molecule is C=C(C)CNCC(O)COc1ccc(C)cc1Br. The third kappa shape index (κ3) is 5.67. The van der Waals surface area contributed by atoms with E-state index in [4.69, 9.17) is 4.74 Å². The van der Waals surface area contributed by atoms with Gasteiger partial charge in [0.15, 0.2) is 0 Å². The van der Waals surface area contributed by atoms with E-state index in [-0.39, 0.29) is 6.61 Å². The Morgan fingerprint density at radius 2 is 2.28 bits per heavy atom. The van der Waals surface area contributed by atoms with E-state index in [1.165, 1.54) is 0 Å². The first-order chi connectivity index (χ1) is 8.49. The van der Waals surface area contributed by atoms with Crippen LogP contribution in [0.15, 0.2) is 34.8 Å². The van der Waals surface area contributed by atoms with Crippen molar-refractivity contribution in [1.82, 2.24) is 5.32 Å². The minimum Gasteiger partial charge on any atom is -0.490 e. The van der Waals surface area contributed by atoms with Crippen molar-refractivity contribution in [3.8, 4) is 5.75 Å². The molecule has 18 heavy (non-hydrogen) atoms. The lowest BCUT2D eigenvalue weighted by Crippen LogP contribution is -2.32. The van der Waals surface area contributed by atoms with Crippen LogP contribution in [0.5, 0.6) is 5.75 Å². The van der Waals surface area contributed by atoms with E-state index in [1.54, 1.807) is 0 Å². The fraction of sp³-hybridized carbons (Fsp3) is 0.429. The highest BCUT2D eigenvalue weighted by Gasteiger charge is 2.07. The Labute approximate surface area is 117 Å². The third-order valence-electron chi connectivity index (χ3n) is 2.33. The summed E-state index contributed by atoms with van der Waals surface area (Å²) in [6, 6.07) is 5.86. The summed E-state index contributed by atoms with van der Waals surface area (Å²) in [7, 11) is 0. The van der Waals surface area contributed by atoms with E-state index < -0.39 is 6.10 Å². The number of benzene rings is 1. The molecule has 0 amide bonds. The summed E-state index contributed by atoms with van der Waals surface area (Å²) >= 11 is 3.44. The highest BCUT2D eigenvalue weighted by molar-refractivity contribution is 9.10. The van der Waals surface area contributed by atoms with Gasteiger partial charge in [-0.3, -0.25) is 0 Å². The Morgan fingerprint density at radius 1 is 1.56 bits per heavy atom. The van der Waals surface area contributed by atoms with Crippen LogP contribution in [-0.2, 0) is 0 Å². The number of hydrogen-bond donors (Lipinski definition) is 2. The maximum absolute atomic E-state index is 9.74. The summed E-state index contributed by atoms with van der Waals surface area (Å²) in [4.78, 5) is 0. The Kier molecular flexibility index (Phi) is 6.39. The fourth-order valence-corrected chi connectivity index (χ4v) is 2.03. The molecule has 0 heterocycles. The zero-order valence-corrected chi connectivity index (χ0v) is 12.5. The quantitative estimate of drug-likeness (QED) is 0.760. The molecule has 1 atom stereocenters. The molecule has 0 fully saturated rings. The molecule has 0 saturated heterocycles. The minimum atomic E-state index is -0.530. The van der Waals surface area contributed by atoms with Gasteiger partial charge >= 0.3 is 0 Å². The highest BCUT2D eigenvalue weighted by Crippen LogP contribution is 2.25. The number of hydrogen-bond acceptors (Lipinski definition) is 3. The molecule has 0 aliphatic rings. The van der Waals surface area contributed by atoms with Crippen molar-refractivity contribution >= 4 is 15.9 Å². The molecule has 1 aromatic rings. The molecule has 0 aliphatic carbocycles. The predicted molar refractivity (Wildman–Crippen MR) is 78.1 cm³/mol. The lowest BCUT2D eigenvalue weighted by Gasteiger charge is -2.14. The van der Waals surface area contributed by atoms with Gasteiger partial charge < -0.3 is 15.2 Å². The Hall–Kier alpha value is -0.840. The molecule has 1 unspecified atom stereocenters. The van der Waals surface area contributed by atoms with Gasteiger partial charge in [-0.1, -0.05) is 18.2 Å². The molecule has 3 nitrogen and oxygen atoms in total. The number of halogens is 1. The van der Waals surface area contributed by atoms with Crippen LogP contribution in [0.4, 0.5) is 0 Å². The van der Waals surface area contributed by atoms with E-state index in [0.29, 0.717) is 13.1 Å². The van der Waals surface area contributed by atoms with E-state index >= 15 is 0 Å². The number of aliphatic hydroxyl groups is 1. The number of rotatable bonds is 7. The van der Waals surface area contributed by atoms with Crippen LogP contribution >= 0.6 is 15.9 Å². The standard InChI is InChI=1S/C14H20BrNO2/c1-10(2)7-16-8-12(17)9-18-14-5-4-11(3)6-13(14)15/h4-6,12,16-17H,1,7-9H2,2-3H3. The Bertz CT molecular complexity index is 407. The van der Waals surface area contributed by atoms with E-state index in [1.807, 2.05) is 32.0 Å². The zero-order chi connectivity index (χ0) is 13.5. The third-order valence-corrected chi connectivity index (χ3v) is 2.95. The zero-order valence-electron chi connectivity index (χ0n) is 10.9. The van der Waals surface area contributed by atoms with Gasteiger partial charge in [-0.15, -0.1) is 0 Å². The van der Waals surface area contributed by atoms with Crippen LogP contribution in [0.2, 0.25) is 0 Å². The molecular formula is C14H20BrNO2. The molecule has 2 N–H and O–H groups in total. The van der Waals surface area contributed by atoms with Gasteiger partial charge in [-0.25, -0.2) is 0 Å². The predicted octanol–water partition coefficient (Wildman–Crippen LogP) is 2.66. The maximum atomic E-state index is 9.74. The van der Waals surface area contributed by atoms with Crippen molar-refractivity contribution in [3.63, 3.8) is 0 Å². The van der Waals surface area contributed by atoms with Gasteiger partial charge in [-0.2, -0.15) is 0 Å². The second-order valence-corrected chi connectivity index (χ2v) is 5.34. The van der Waals surface area contributed by atoms with Crippen molar-refractivity contribution in [2.45, 2.75) is 20.0 Å². The molecular weight excluding hydrogens is 294 g/mol. The fourth-order valence-electron chi connectivity index (χ4n) is 1.42. The monoisotopic (exact) mass is 313 g/mol. The lowest BCUT2D eigenvalue weighted by molar-refractivity contribution is 0.107. The minimum absolute atomic E-state index is 0.269. The summed E-state index contributed by atoms with van der Waals surface area (Å²) < 4.78 is 6.46. The van der Waals surface area contributed by atoms with Gasteiger partial charge in [-0.05, 0) is 47.5 Å². The molecule has 0 spiro atoms. The maximum Gasteiger partial charge on any atom is 0.133 e. The van der Waals surface area contributed by atoms with Crippen LogP contribution < -0.4 is 10.1 Å². The van der Waals surface area contributed by atoms with Crippen molar-refractivity contribution in [3.05, 3.63) is 40.4 Å². The van der Waals surface area contributed by atoms with Crippen molar-refractivity contribution < 1.29 is 9.84 Å². The van der Waals surface area contributed by atoms with Crippen LogP contribution in [-0.4, -0.2) is 30.9 Å². The summed E-state index contributed by atoms with van der Waals surface area (Å²) in [5, 5.41) is 12.8. The number of aliphatic hydroxyl groups excluding tert-OH is 1. The molecule has 0 aliphatic heterocycles. The normalized spacial score (nSPS) is 12.2. The molecule has 4 heteroatoms. The van der Waals surface area contributed by atoms with Gasteiger partial charge in [0, 0.05) is 13.1 Å². The van der Waals surface area contributed by atoms with Crippen LogP contribution in [0.3, 0.4) is 0 Å². The molecule has 0 bridgehead atoms. The number of ether oxygens (including phenoxy) is 1. The number of aryl methyl sites for hydroxylation is 1. The first-order valence-corrected chi connectivity index (χ1v) is 6.70. The van der Waals surface area contributed by atoms with Crippen LogP contribution in [0.1, 0.15) is 12.5 Å². The summed E-state index contributed by atoms with van der Waals surface area (Å²) in [6.07, 6.45) is -0.530. The van der Waals surface area contributed by atoms with Gasteiger partial charge in [0.25, 0.3) is 0 Å². The molecule has 100 valence electrons. The van der Waals surface area contributed by atoms with Gasteiger partial charge in [0.05, 0.1) is 4.47 Å². The second kappa shape index (κ2) is 7.56. The average Bonchev–Trinajstić information content (AvgIpc) is 2.27. The largest absolute Gasteiger partial charge is 0.490 e. The summed E-state index contributed by atoms with van der Waals surface area (Å²) in [5.41, 5.74) is 2.21. The first-order valence-electron chi connectivity index (χ1n) is 5.91. The van der Waals surface area contributed by atoms with Gasteiger partial charge in [0.2, 0.25) is 0 Å². The second-order valence-electron chi connectivity index (χ2n) is 4.49. The first kappa shape index (κ1) is 15.2. The highest BCUT2D eigenvalue weighted by atomic mass is 79.9. The van der Waals surface area contributed by atoms with Crippen molar-refractivity contribution in [2.75, 3.05) is 19.7 Å². The topological polar surface area (TPSA) is 41.5 Å². The van der Waals surface area contributed by atoms with E-state index in [9.17, 15) is 5.11 Å². The lowest BCUT2D eigenvalue weighted by atomic mass is 10.2. The summed E-state index contributed by atoms with van der Waals surface area (Å²) in [5.74, 6) is 0.750. The van der Waals surface area contributed by atoms with E-state index in [0.717, 1.165) is 21.4 Å². The smallest absolute Gasteiger partial charge is 0.133 e. The molecule has 1 rings (SSSR count). The molecule has 0 aromatic heterocycles.